The van der Waals surface area contributed by atoms with Crippen molar-refractivity contribution in [2.75, 3.05) is 63.8 Å². The van der Waals surface area contributed by atoms with Crippen LogP contribution in [0.2, 0.25) is 0 Å². The molecule has 232 valence electrons. The summed E-state index contributed by atoms with van der Waals surface area (Å²) >= 11 is 0. The summed E-state index contributed by atoms with van der Waals surface area (Å²) in [5.74, 6) is 0.254. The van der Waals surface area contributed by atoms with Crippen molar-refractivity contribution >= 4 is 35.8 Å². The van der Waals surface area contributed by atoms with Gasteiger partial charge in [-0.3, -0.25) is 14.4 Å². The molecule has 2 aromatic carbocycles. The Labute approximate surface area is 258 Å². The lowest BCUT2D eigenvalue weighted by Crippen LogP contribution is -2.50. The molecule has 43 heavy (non-hydrogen) atoms. The number of piperazine rings is 2. The number of rotatable bonds is 6. The first-order valence-electron chi connectivity index (χ1n) is 15.4. The summed E-state index contributed by atoms with van der Waals surface area (Å²) < 4.78 is 20.9. The summed E-state index contributed by atoms with van der Waals surface area (Å²) in [6, 6.07) is 9.98. The van der Waals surface area contributed by atoms with E-state index in [0.29, 0.717) is 56.4 Å². The Morgan fingerprint density at radius 1 is 0.814 bits per heavy atom. The van der Waals surface area contributed by atoms with E-state index in [1.54, 1.807) is 15.9 Å². The van der Waals surface area contributed by atoms with Crippen LogP contribution in [0.5, 0.6) is 5.75 Å². The molecule has 1 aliphatic carbocycles. The molecule has 0 unspecified atom stereocenters. The molecule has 0 bridgehead atoms. The van der Waals surface area contributed by atoms with E-state index in [4.69, 9.17) is 4.74 Å². The average molecular weight is 614 g/mol. The van der Waals surface area contributed by atoms with Gasteiger partial charge in [-0.15, -0.1) is 12.4 Å². The number of halogens is 2. The zero-order valence-corrected chi connectivity index (χ0v) is 25.3. The number of carbonyl (C=O) groups excluding carboxylic acids is 3. The standard InChI is InChI=1S/C32H40FN5O4.ClH/c33-25-16-24(17-26(19-25)38-11-10-35-21-30(38)39)32(41)37-14-12-36(13-15-37)31(40)23-6-7-29(42-27-8-9-34-20-27)28(18-23)22-4-2-1-3-5-22;/h6-7,16-19,22,27,34-35H,1-5,8-15,20-21H2;1H/t27-;/m0./s1. The van der Waals surface area contributed by atoms with E-state index in [-0.39, 0.29) is 48.3 Å². The maximum Gasteiger partial charge on any atom is 0.254 e. The van der Waals surface area contributed by atoms with E-state index in [1.165, 1.54) is 36.3 Å². The molecule has 1 atom stereocenters. The van der Waals surface area contributed by atoms with E-state index in [0.717, 1.165) is 43.7 Å². The van der Waals surface area contributed by atoms with Gasteiger partial charge in [-0.1, -0.05) is 19.3 Å². The SMILES string of the molecule is Cl.O=C(c1cc(F)cc(N2CCNCC2=O)c1)N1CCN(C(=O)c2ccc(O[C@H]3CCNC3)c(C3CCCCC3)c2)CC1. The van der Waals surface area contributed by atoms with Gasteiger partial charge in [0.15, 0.2) is 0 Å². The molecule has 0 spiro atoms. The normalized spacial score (nSPS) is 21.5. The first kappa shape index (κ1) is 31.2. The lowest BCUT2D eigenvalue weighted by atomic mass is 9.83. The van der Waals surface area contributed by atoms with Crippen molar-refractivity contribution in [1.29, 1.82) is 0 Å². The fraction of sp³-hybridized carbons (Fsp3) is 0.531. The summed E-state index contributed by atoms with van der Waals surface area (Å²) in [6.45, 7) is 4.53. The lowest BCUT2D eigenvalue weighted by molar-refractivity contribution is -0.118. The van der Waals surface area contributed by atoms with Gasteiger partial charge in [0.05, 0.1) is 6.54 Å². The fourth-order valence-electron chi connectivity index (χ4n) is 6.64. The number of benzene rings is 2. The number of hydrogen-bond acceptors (Lipinski definition) is 6. The fourth-order valence-corrected chi connectivity index (χ4v) is 6.64. The Bertz CT molecular complexity index is 1320. The molecule has 3 saturated heterocycles. The van der Waals surface area contributed by atoms with Gasteiger partial charge >= 0.3 is 0 Å². The third kappa shape index (κ3) is 7.13. The molecule has 2 N–H and O–H groups in total. The van der Waals surface area contributed by atoms with Crippen LogP contribution >= 0.6 is 12.4 Å². The lowest BCUT2D eigenvalue weighted by Gasteiger charge is -2.35. The third-order valence-electron chi connectivity index (χ3n) is 9.00. The monoisotopic (exact) mass is 613 g/mol. The number of nitrogens with one attached hydrogen (secondary N) is 2. The molecule has 11 heteroatoms. The molecule has 4 aliphatic rings. The minimum absolute atomic E-state index is 0. The number of hydrogen-bond donors (Lipinski definition) is 2. The van der Waals surface area contributed by atoms with E-state index in [9.17, 15) is 18.8 Å². The first-order valence-corrected chi connectivity index (χ1v) is 15.4. The van der Waals surface area contributed by atoms with Gasteiger partial charge in [-0.2, -0.15) is 0 Å². The molecule has 6 rings (SSSR count). The zero-order valence-electron chi connectivity index (χ0n) is 24.5. The number of carbonyl (C=O) groups is 3. The molecular formula is C32H41ClFN5O4. The van der Waals surface area contributed by atoms with Crippen LogP contribution in [0.4, 0.5) is 10.1 Å². The molecule has 9 nitrogen and oxygen atoms in total. The van der Waals surface area contributed by atoms with Gasteiger partial charge in [0.1, 0.15) is 17.7 Å². The third-order valence-corrected chi connectivity index (χ3v) is 9.00. The van der Waals surface area contributed by atoms with Crippen molar-refractivity contribution in [3.8, 4) is 5.75 Å². The van der Waals surface area contributed by atoms with Gasteiger partial charge in [0.25, 0.3) is 11.8 Å². The maximum absolute atomic E-state index is 14.5. The van der Waals surface area contributed by atoms with Crippen molar-refractivity contribution in [3.05, 3.63) is 58.9 Å². The molecular weight excluding hydrogens is 573 g/mol. The molecule has 0 radical (unpaired) electrons. The van der Waals surface area contributed by atoms with Crippen molar-refractivity contribution < 1.29 is 23.5 Å². The maximum atomic E-state index is 14.5. The highest BCUT2D eigenvalue weighted by atomic mass is 35.5. The van der Waals surface area contributed by atoms with Gasteiger partial charge in [0.2, 0.25) is 5.91 Å². The van der Waals surface area contributed by atoms with Crippen LogP contribution in [0, 0.1) is 5.82 Å². The second-order valence-electron chi connectivity index (χ2n) is 11.8. The van der Waals surface area contributed by atoms with E-state index < -0.39 is 5.82 Å². The second-order valence-corrected chi connectivity index (χ2v) is 11.8. The van der Waals surface area contributed by atoms with Gasteiger partial charge in [0, 0.05) is 62.6 Å². The van der Waals surface area contributed by atoms with Crippen LogP contribution in [0.1, 0.15) is 70.7 Å². The second kappa shape index (κ2) is 14.1. The van der Waals surface area contributed by atoms with Crippen LogP contribution in [0.15, 0.2) is 36.4 Å². The quantitative estimate of drug-likeness (QED) is 0.518. The Kier molecular flexibility index (Phi) is 10.2. The van der Waals surface area contributed by atoms with Crippen LogP contribution < -0.4 is 20.3 Å². The summed E-state index contributed by atoms with van der Waals surface area (Å²) in [5, 5.41) is 6.36. The predicted octanol–water partition coefficient (Wildman–Crippen LogP) is 3.57. The highest BCUT2D eigenvalue weighted by molar-refractivity contribution is 5.99. The smallest absolute Gasteiger partial charge is 0.254 e. The van der Waals surface area contributed by atoms with Crippen LogP contribution in [0.3, 0.4) is 0 Å². The predicted molar refractivity (Wildman–Crippen MR) is 165 cm³/mol. The van der Waals surface area contributed by atoms with Crippen molar-refractivity contribution in [3.63, 3.8) is 0 Å². The molecule has 4 fully saturated rings. The van der Waals surface area contributed by atoms with Gasteiger partial charge in [-0.25, -0.2) is 4.39 Å². The Balaban J connectivity index is 0.00000368. The number of nitrogens with zero attached hydrogens (tertiary/aromatic N) is 3. The van der Waals surface area contributed by atoms with E-state index in [2.05, 4.69) is 10.6 Å². The molecule has 2 aromatic rings. The summed E-state index contributed by atoms with van der Waals surface area (Å²) in [6.07, 6.45) is 7.02. The van der Waals surface area contributed by atoms with Gasteiger partial charge < -0.3 is 30.1 Å². The van der Waals surface area contributed by atoms with E-state index in [1.807, 2.05) is 18.2 Å². The Hall–Kier alpha value is -3.21. The number of ether oxygens (including phenoxy) is 1. The summed E-state index contributed by atoms with van der Waals surface area (Å²) in [4.78, 5) is 44.2. The van der Waals surface area contributed by atoms with Crippen molar-refractivity contribution in [1.82, 2.24) is 20.4 Å². The topological polar surface area (TPSA) is 94.2 Å². The minimum atomic E-state index is -0.554. The largest absolute Gasteiger partial charge is 0.489 e. The molecule has 1 saturated carbocycles. The van der Waals surface area contributed by atoms with Crippen LogP contribution in [-0.2, 0) is 4.79 Å². The summed E-state index contributed by atoms with van der Waals surface area (Å²) in [5.41, 5.74) is 2.40. The highest BCUT2D eigenvalue weighted by Crippen LogP contribution is 2.39. The summed E-state index contributed by atoms with van der Waals surface area (Å²) in [7, 11) is 0. The molecule has 3 aliphatic heterocycles. The Morgan fingerprint density at radius 3 is 2.21 bits per heavy atom. The van der Waals surface area contributed by atoms with Crippen molar-refractivity contribution in [2.45, 2.75) is 50.5 Å². The molecule has 0 aromatic heterocycles. The Morgan fingerprint density at radius 2 is 1.53 bits per heavy atom. The van der Waals surface area contributed by atoms with Crippen LogP contribution in [-0.4, -0.2) is 92.5 Å². The molecule has 3 heterocycles. The van der Waals surface area contributed by atoms with Crippen molar-refractivity contribution in [2.24, 2.45) is 0 Å². The highest BCUT2D eigenvalue weighted by Gasteiger charge is 2.29. The minimum Gasteiger partial charge on any atom is -0.489 e. The number of amides is 3. The average Bonchev–Trinajstić information content (AvgIpc) is 3.54. The van der Waals surface area contributed by atoms with Gasteiger partial charge in [-0.05, 0) is 73.7 Å². The molecule has 3 amide bonds. The first-order chi connectivity index (χ1) is 20.5. The van der Waals surface area contributed by atoms with Crippen LogP contribution in [0.25, 0.3) is 0 Å². The van der Waals surface area contributed by atoms with E-state index >= 15 is 0 Å². The number of anilines is 1. The zero-order chi connectivity index (χ0) is 29.1.